The lowest BCUT2D eigenvalue weighted by atomic mass is 9.89. The highest BCUT2D eigenvalue weighted by Gasteiger charge is 2.60. The molecule has 2 heterocycles. The van der Waals surface area contributed by atoms with Gasteiger partial charge in [-0.1, -0.05) is 29.8 Å². The van der Waals surface area contributed by atoms with E-state index < -0.39 is 24.0 Å². The summed E-state index contributed by atoms with van der Waals surface area (Å²) in [6.45, 7) is 0. The van der Waals surface area contributed by atoms with Gasteiger partial charge in [-0.25, -0.2) is 9.96 Å². The number of imide groups is 1. The van der Waals surface area contributed by atoms with Gasteiger partial charge in [0.2, 0.25) is 5.91 Å². The Hall–Kier alpha value is -3.55. The second-order valence-corrected chi connectivity index (χ2v) is 8.19. The van der Waals surface area contributed by atoms with Crippen molar-refractivity contribution in [2.75, 3.05) is 24.2 Å². The fraction of sp³-hybridized carbons (Fsp3) is 0.200. The third-order valence-electron chi connectivity index (χ3n) is 5.97. The van der Waals surface area contributed by atoms with Crippen LogP contribution >= 0.6 is 11.6 Å². The summed E-state index contributed by atoms with van der Waals surface area (Å²) in [7, 11) is 3.13. The number of hydroxylamine groups is 1. The summed E-state index contributed by atoms with van der Waals surface area (Å²) in [5.41, 5.74) is 1.86. The van der Waals surface area contributed by atoms with Gasteiger partial charge in [-0.2, -0.15) is 0 Å². The Labute approximate surface area is 196 Å². The number of hydrogen-bond donors (Lipinski definition) is 0. The smallest absolute Gasteiger partial charge is 0.266 e. The van der Waals surface area contributed by atoms with E-state index in [0.717, 1.165) is 5.69 Å². The van der Waals surface area contributed by atoms with Crippen LogP contribution in [0, 0.1) is 5.92 Å². The van der Waals surface area contributed by atoms with Gasteiger partial charge in [-0.3, -0.25) is 14.4 Å². The van der Waals surface area contributed by atoms with Crippen LogP contribution in [0.25, 0.3) is 0 Å². The molecule has 3 aromatic carbocycles. The summed E-state index contributed by atoms with van der Waals surface area (Å²) in [6, 6.07) is 20.7. The molecule has 0 N–H and O–H groups in total. The molecular weight excluding hydrogens is 444 g/mol. The second kappa shape index (κ2) is 8.42. The van der Waals surface area contributed by atoms with Crippen molar-refractivity contribution >= 4 is 34.8 Å². The van der Waals surface area contributed by atoms with E-state index in [0.29, 0.717) is 27.8 Å². The molecule has 3 atom stereocenters. The molecule has 2 aliphatic rings. The van der Waals surface area contributed by atoms with Crippen LogP contribution in [-0.4, -0.2) is 32.1 Å². The Bertz CT molecular complexity index is 1200. The topological polar surface area (TPSA) is 68.3 Å². The molecule has 168 valence electrons. The zero-order chi connectivity index (χ0) is 23.1. The lowest BCUT2D eigenvalue weighted by Gasteiger charge is -2.29. The molecule has 0 bridgehead atoms. The number of ether oxygens (including phenoxy) is 2. The standard InChI is InChI=1S/C25H21ClN2O5/c1-31-18-12-13-20(32-2)19(14-18)22-21-23(33-28(22)17-6-4-3-5-7-17)25(30)27(24(21)29)16-10-8-15(26)9-11-16/h3-14,21-23H,1-2H3/t21-,22+,23+/m0/s1. The first-order valence-electron chi connectivity index (χ1n) is 10.4. The third kappa shape index (κ3) is 3.50. The van der Waals surface area contributed by atoms with Gasteiger partial charge in [0.1, 0.15) is 23.5 Å². The zero-order valence-corrected chi connectivity index (χ0v) is 18.7. The summed E-state index contributed by atoms with van der Waals surface area (Å²) < 4.78 is 11.0. The Morgan fingerprint density at radius 1 is 0.848 bits per heavy atom. The number of halogens is 1. The molecule has 3 aromatic rings. The number of rotatable bonds is 5. The van der Waals surface area contributed by atoms with E-state index in [1.165, 1.54) is 4.90 Å². The molecule has 33 heavy (non-hydrogen) atoms. The van der Waals surface area contributed by atoms with Crippen molar-refractivity contribution in [1.29, 1.82) is 0 Å². The predicted molar refractivity (Wildman–Crippen MR) is 124 cm³/mol. The molecule has 0 spiro atoms. The summed E-state index contributed by atoms with van der Waals surface area (Å²) in [5, 5.41) is 2.14. The van der Waals surface area contributed by atoms with Crippen molar-refractivity contribution in [3.05, 3.63) is 83.4 Å². The number of hydrogen-bond acceptors (Lipinski definition) is 6. The first-order chi connectivity index (χ1) is 16.0. The first kappa shape index (κ1) is 21.3. The van der Waals surface area contributed by atoms with Crippen LogP contribution < -0.4 is 19.4 Å². The minimum absolute atomic E-state index is 0.347. The number of nitrogens with zero attached hydrogens (tertiary/aromatic N) is 2. The van der Waals surface area contributed by atoms with Gasteiger partial charge in [0.25, 0.3) is 5.91 Å². The maximum atomic E-state index is 13.7. The second-order valence-electron chi connectivity index (χ2n) is 7.75. The van der Waals surface area contributed by atoms with Gasteiger partial charge in [0.15, 0.2) is 6.10 Å². The van der Waals surface area contributed by atoms with E-state index in [1.54, 1.807) is 55.7 Å². The maximum Gasteiger partial charge on any atom is 0.266 e. The van der Waals surface area contributed by atoms with Crippen molar-refractivity contribution in [2.24, 2.45) is 5.92 Å². The van der Waals surface area contributed by atoms with E-state index in [1.807, 2.05) is 36.4 Å². The normalized spacial score (nSPS) is 22.0. The van der Waals surface area contributed by atoms with Gasteiger partial charge in [-0.05, 0) is 54.6 Å². The van der Waals surface area contributed by atoms with Crippen molar-refractivity contribution in [3.8, 4) is 11.5 Å². The molecule has 2 aliphatic heterocycles. The minimum Gasteiger partial charge on any atom is -0.497 e. The largest absolute Gasteiger partial charge is 0.497 e. The minimum atomic E-state index is -0.978. The van der Waals surface area contributed by atoms with Crippen LogP contribution in [0.5, 0.6) is 11.5 Å². The molecule has 2 fully saturated rings. The summed E-state index contributed by atoms with van der Waals surface area (Å²) >= 11 is 5.99. The zero-order valence-electron chi connectivity index (χ0n) is 18.0. The molecule has 7 nitrogen and oxygen atoms in total. The van der Waals surface area contributed by atoms with E-state index >= 15 is 0 Å². The fourth-order valence-electron chi connectivity index (χ4n) is 4.44. The number of amides is 2. The molecule has 0 unspecified atom stereocenters. The Kier molecular flexibility index (Phi) is 5.44. The monoisotopic (exact) mass is 464 g/mol. The average Bonchev–Trinajstić information content (AvgIpc) is 3.36. The molecule has 5 rings (SSSR count). The number of carbonyl (C=O) groups excluding carboxylic acids is 2. The number of carbonyl (C=O) groups is 2. The van der Waals surface area contributed by atoms with Gasteiger partial charge in [0.05, 0.1) is 25.6 Å². The number of methoxy groups -OCH3 is 2. The van der Waals surface area contributed by atoms with Gasteiger partial charge >= 0.3 is 0 Å². The fourth-order valence-corrected chi connectivity index (χ4v) is 4.57. The van der Waals surface area contributed by atoms with Crippen LogP contribution in [0.3, 0.4) is 0 Å². The van der Waals surface area contributed by atoms with Crippen molar-refractivity contribution in [2.45, 2.75) is 12.1 Å². The van der Waals surface area contributed by atoms with Crippen LogP contribution in [0.4, 0.5) is 11.4 Å². The summed E-state index contributed by atoms with van der Waals surface area (Å²) in [4.78, 5) is 34.4. The van der Waals surface area contributed by atoms with Crippen LogP contribution in [0.2, 0.25) is 5.02 Å². The van der Waals surface area contributed by atoms with Crippen LogP contribution in [0.1, 0.15) is 11.6 Å². The van der Waals surface area contributed by atoms with Crippen molar-refractivity contribution in [1.82, 2.24) is 0 Å². The highest BCUT2D eigenvalue weighted by Crippen LogP contribution is 2.50. The van der Waals surface area contributed by atoms with Gasteiger partial charge in [0, 0.05) is 10.6 Å². The summed E-state index contributed by atoms with van der Waals surface area (Å²) in [5.74, 6) is -0.377. The van der Waals surface area contributed by atoms with Crippen LogP contribution in [0.15, 0.2) is 72.8 Å². The maximum absolute atomic E-state index is 13.7. The third-order valence-corrected chi connectivity index (χ3v) is 6.22. The van der Waals surface area contributed by atoms with Gasteiger partial charge in [-0.15, -0.1) is 0 Å². The highest BCUT2D eigenvalue weighted by atomic mass is 35.5. The van der Waals surface area contributed by atoms with Crippen molar-refractivity contribution < 1.29 is 23.9 Å². The molecular formula is C25H21ClN2O5. The number of para-hydroxylation sites is 1. The van der Waals surface area contributed by atoms with E-state index in [-0.39, 0.29) is 5.91 Å². The van der Waals surface area contributed by atoms with Crippen LogP contribution in [-0.2, 0) is 14.4 Å². The first-order valence-corrected chi connectivity index (χ1v) is 10.8. The average molecular weight is 465 g/mol. The molecule has 0 aromatic heterocycles. The van der Waals surface area contributed by atoms with E-state index in [4.69, 9.17) is 25.9 Å². The Morgan fingerprint density at radius 2 is 1.58 bits per heavy atom. The molecule has 8 heteroatoms. The SMILES string of the molecule is COc1ccc(OC)c([C@@H]2[C@@H]3C(=O)N(c4ccc(Cl)cc4)C(=O)[C@@H]3ON2c2ccccc2)c1. The molecule has 0 radical (unpaired) electrons. The van der Waals surface area contributed by atoms with Gasteiger partial charge < -0.3 is 9.47 Å². The number of fused-ring (bicyclic) bond motifs is 1. The predicted octanol–water partition coefficient (Wildman–Crippen LogP) is 4.41. The molecule has 0 aliphatic carbocycles. The Morgan fingerprint density at radius 3 is 2.24 bits per heavy atom. The highest BCUT2D eigenvalue weighted by molar-refractivity contribution is 6.31. The number of anilines is 2. The van der Waals surface area contributed by atoms with Crippen molar-refractivity contribution in [3.63, 3.8) is 0 Å². The van der Waals surface area contributed by atoms with E-state index in [2.05, 4.69) is 0 Å². The lowest BCUT2D eigenvalue weighted by Crippen LogP contribution is -2.37. The summed E-state index contributed by atoms with van der Waals surface area (Å²) in [6.07, 6.45) is -0.978. The quantitative estimate of drug-likeness (QED) is 0.521. The molecule has 2 saturated heterocycles. The number of benzene rings is 3. The molecule has 2 amide bonds. The molecule has 0 saturated carbocycles. The lowest BCUT2D eigenvalue weighted by molar-refractivity contribution is -0.126. The Balaban J connectivity index is 1.63. The van der Waals surface area contributed by atoms with E-state index in [9.17, 15) is 9.59 Å².